The van der Waals surface area contributed by atoms with Crippen molar-refractivity contribution in [3.05, 3.63) is 33.8 Å². The van der Waals surface area contributed by atoms with Crippen molar-refractivity contribution < 1.29 is 0 Å². The smallest absolute Gasteiger partial charge is 0.0960 e. The molecule has 1 heterocycles. The van der Waals surface area contributed by atoms with E-state index in [9.17, 15) is 0 Å². The number of azide groups is 1. The van der Waals surface area contributed by atoms with Crippen molar-refractivity contribution in [3.8, 4) is 0 Å². The average Bonchev–Trinajstić information content (AvgIpc) is 2.21. The molecule has 0 spiro atoms. The second-order valence-electron chi connectivity index (χ2n) is 2.47. The largest absolute Gasteiger partial charge is 0.248 e. The van der Waals surface area contributed by atoms with Gasteiger partial charge in [0.15, 0.2) is 0 Å². The third-order valence-corrected chi connectivity index (χ3v) is 2.67. The fraction of sp³-hybridized carbons (Fsp3) is 0.375. The van der Waals surface area contributed by atoms with Crippen LogP contribution in [0.3, 0.4) is 0 Å². The van der Waals surface area contributed by atoms with Crippen molar-refractivity contribution in [1.29, 1.82) is 0 Å². The van der Waals surface area contributed by atoms with Crippen molar-refractivity contribution in [3.63, 3.8) is 0 Å². The Labute approximate surface area is 91.3 Å². The Bertz CT molecular complexity index is 321. The van der Waals surface area contributed by atoms with Gasteiger partial charge in [-0.15, -0.1) is 11.8 Å². The number of thioether (sulfide) groups is 1. The summed E-state index contributed by atoms with van der Waals surface area (Å²) in [6.07, 6.45) is 2.48. The molecule has 0 saturated carbocycles. The molecule has 4 nitrogen and oxygen atoms in total. The number of halogens is 1. The van der Waals surface area contributed by atoms with Gasteiger partial charge in [-0.25, -0.2) is 4.98 Å². The molecule has 0 bridgehead atoms. The molecule has 0 atom stereocenters. The quantitative estimate of drug-likeness (QED) is 0.254. The Morgan fingerprint density at radius 2 is 2.43 bits per heavy atom. The Morgan fingerprint density at radius 1 is 1.57 bits per heavy atom. The number of hydrogen-bond acceptors (Lipinski definition) is 3. The minimum Gasteiger partial charge on any atom is -0.248 e. The van der Waals surface area contributed by atoms with Crippen molar-refractivity contribution in [2.45, 2.75) is 11.4 Å². The van der Waals surface area contributed by atoms with Crippen LogP contribution in [0.5, 0.6) is 0 Å². The summed E-state index contributed by atoms with van der Waals surface area (Å²) in [4.78, 5) is 6.80. The van der Waals surface area contributed by atoms with Crippen LogP contribution in [0.2, 0.25) is 5.02 Å². The predicted octanol–water partition coefficient (Wildman–Crippen LogP) is 3.53. The fourth-order valence-corrected chi connectivity index (χ4v) is 1.69. The van der Waals surface area contributed by atoms with Crippen LogP contribution in [-0.4, -0.2) is 17.3 Å². The first-order valence-corrected chi connectivity index (χ1v) is 5.44. The molecule has 0 unspecified atom stereocenters. The van der Waals surface area contributed by atoms with E-state index in [4.69, 9.17) is 17.1 Å². The summed E-state index contributed by atoms with van der Waals surface area (Å²) in [5, 5.41) is 5.02. The first kappa shape index (κ1) is 11.2. The summed E-state index contributed by atoms with van der Waals surface area (Å²) in [5.41, 5.74) is 8.04. The number of hydrogen-bond donors (Lipinski definition) is 0. The van der Waals surface area contributed by atoms with E-state index in [0.29, 0.717) is 11.6 Å². The predicted molar refractivity (Wildman–Crippen MR) is 58.6 cm³/mol. The minimum atomic E-state index is 0.539. The normalized spacial score (nSPS) is 9.50. The van der Waals surface area contributed by atoms with Gasteiger partial charge < -0.3 is 0 Å². The average molecular weight is 229 g/mol. The van der Waals surface area contributed by atoms with Crippen LogP contribution in [0.15, 0.2) is 28.5 Å². The lowest BCUT2D eigenvalue weighted by Gasteiger charge is -1.98. The monoisotopic (exact) mass is 228 g/mol. The lowest BCUT2D eigenvalue weighted by Crippen LogP contribution is -1.85. The van der Waals surface area contributed by atoms with Gasteiger partial charge in [-0.05, 0) is 29.8 Å². The summed E-state index contributed by atoms with van der Waals surface area (Å²) < 4.78 is 0. The molecule has 0 fully saturated rings. The summed E-state index contributed by atoms with van der Waals surface area (Å²) in [6.45, 7) is 0.539. The SMILES string of the molecule is [N-]=[N+]=NCCCSc1ccc(Cl)cn1. The first-order valence-electron chi connectivity index (χ1n) is 4.08. The molecule has 0 aliphatic rings. The molecule has 1 aromatic heterocycles. The lowest BCUT2D eigenvalue weighted by atomic mass is 10.5. The Morgan fingerprint density at radius 3 is 3.07 bits per heavy atom. The number of aromatic nitrogens is 1. The van der Waals surface area contributed by atoms with Crippen molar-refractivity contribution in [2.75, 3.05) is 12.3 Å². The molecule has 74 valence electrons. The van der Waals surface area contributed by atoms with E-state index in [1.807, 2.05) is 12.1 Å². The van der Waals surface area contributed by atoms with Crippen LogP contribution in [0.4, 0.5) is 0 Å². The van der Waals surface area contributed by atoms with Gasteiger partial charge in [-0.3, -0.25) is 0 Å². The van der Waals surface area contributed by atoms with E-state index in [0.717, 1.165) is 17.2 Å². The molecule has 14 heavy (non-hydrogen) atoms. The van der Waals surface area contributed by atoms with Crippen molar-refractivity contribution >= 4 is 23.4 Å². The highest BCUT2D eigenvalue weighted by Crippen LogP contribution is 2.17. The molecule has 0 saturated heterocycles. The number of nitrogens with zero attached hydrogens (tertiary/aromatic N) is 4. The zero-order chi connectivity index (χ0) is 10.2. The number of pyridine rings is 1. The van der Waals surface area contributed by atoms with Crippen LogP contribution in [0.1, 0.15) is 6.42 Å². The van der Waals surface area contributed by atoms with Crippen LogP contribution < -0.4 is 0 Å². The molecular formula is C8H9ClN4S. The Kier molecular flexibility index (Phi) is 5.22. The van der Waals surface area contributed by atoms with E-state index in [2.05, 4.69) is 15.0 Å². The van der Waals surface area contributed by atoms with Crippen LogP contribution in [-0.2, 0) is 0 Å². The standard InChI is InChI=1S/C8H9ClN4S/c9-7-2-3-8(11-6-7)14-5-1-4-12-13-10/h2-3,6H,1,4-5H2. The van der Waals surface area contributed by atoms with Crippen LogP contribution in [0, 0.1) is 0 Å². The van der Waals surface area contributed by atoms with Crippen LogP contribution in [0.25, 0.3) is 10.4 Å². The lowest BCUT2D eigenvalue weighted by molar-refractivity contribution is 0.930. The van der Waals surface area contributed by atoms with Gasteiger partial charge in [0.25, 0.3) is 0 Å². The maximum atomic E-state index is 8.04. The van der Waals surface area contributed by atoms with Gasteiger partial charge in [0.1, 0.15) is 0 Å². The molecular weight excluding hydrogens is 220 g/mol. The van der Waals surface area contributed by atoms with E-state index < -0.39 is 0 Å². The summed E-state index contributed by atoms with van der Waals surface area (Å²) in [5.74, 6) is 0.896. The highest BCUT2D eigenvalue weighted by molar-refractivity contribution is 7.99. The second-order valence-corrected chi connectivity index (χ2v) is 4.02. The summed E-state index contributed by atoms with van der Waals surface area (Å²) in [6, 6.07) is 3.69. The molecule has 1 rings (SSSR count). The van der Waals surface area contributed by atoms with Gasteiger partial charge >= 0.3 is 0 Å². The van der Waals surface area contributed by atoms with E-state index in [1.165, 1.54) is 0 Å². The maximum absolute atomic E-state index is 8.04. The molecule has 0 aliphatic carbocycles. The third-order valence-electron chi connectivity index (χ3n) is 1.42. The number of rotatable bonds is 5. The molecule has 0 aliphatic heterocycles. The third kappa shape index (κ3) is 4.37. The Balaban J connectivity index is 2.24. The summed E-state index contributed by atoms with van der Waals surface area (Å²) in [7, 11) is 0. The van der Waals surface area contributed by atoms with E-state index in [-0.39, 0.29) is 0 Å². The van der Waals surface area contributed by atoms with Gasteiger partial charge in [0.2, 0.25) is 0 Å². The van der Waals surface area contributed by atoms with Crippen LogP contribution >= 0.6 is 23.4 Å². The van der Waals surface area contributed by atoms with Crippen molar-refractivity contribution in [1.82, 2.24) is 4.98 Å². The second kappa shape index (κ2) is 6.54. The molecule has 6 heteroatoms. The molecule has 0 N–H and O–H groups in total. The Hall–Kier alpha value is -0.900. The van der Waals surface area contributed by atoms with Gasteiger partial charge in [0.05, 0.1) is 10.0 Å². The topological polar surface area (TPSA) is 61.7 Å². The van der Waals surface area contributed by atoms with Crippen molar-refractivity contribution in [2.24, 2.45) is 5.11 Å². The molecule has 1 aromatic rings. The molecule has 0 amide bonds. The van der Waals surface area contributed by atoms with Gasteiger partial charge in [-0.1, -0.05) is 16.7 Å². The highest BCUT2D eigenvalue weighted by atomic mass is 35.5. The minimum absolute atomic E-state index is 0.539. The zero-order valence-electron chi connectivity index (χ0n) is 7.43. The molecule has 0 radical (unpaired) electrons. The molecule has 0 aromatic carbocycles. The fourth-order valence-electron chi connectivity index (χ4n) is 0.804. The maximum Gasteiger partial charge on any atom is 0.0960 e. The highest BCUT2D eigenvalue weighted by Gasteiger charge is 1.94. The van der Waals surface area contributed by atoms with E-state index >= 15 is 0 Å². The summed E-state index contributed by atoms with van der Waals surface area (Å²) >= 11 is 7.31. The zero-order valence-corrected chi connectivity index (χ0v) is 9.00. The van der Waals surface area contributed by atoms with Gasteiger partial charge in [0, 0.05) is 17.7 Å². The van der Waals surface area contributed by atoms with Gasteiger partial charge in [-0.2, -0.15) is 0 Å². The first-order chi connectivity index (χ1) is 6.83. The van der Waals surface area contributed by atoms with E-state index in [1.54, 1.807) is 18.0 Å².